The minimum Gasteiger partial charge on any atom is -0.454 e. The van der Waals surface area contributed by atoms with Crippen LogP contribution in [0.4, 0.5) is 10.1 Å². The third kappa shape index (κ3) is 8.00. The van der Waals surface area contributed by atoms with Crippen molar-refractivity contribution < 1.29 is 31.9 Å². The van der Waals surface area contributed by atoms with E-state index in [2.05, 4.69) is 5.32 Å². The molecular weight excluding hydrogens is 561 g/mol. The van der Waals surface area contributed by atoms with Gasteiger partial charge in [-0.25, -0.2) is 12.8 Å². The highest BCUT2D eigenvalue weighted by molar-refractivity contribution is 7.92. The van der Waals surface area contributed by atoms with Crippen LogP contribution in [-0.2, 0) is 32.6 Å². The van der Waals surface area contributed by atoms with Gasteiger partial charge in [0.2, 0.25) is 28.6 Å². The van der Waals surface area contributed by atoms with E-state index in [9.17, 15) is 22.4 Å². The average molecular weight is 598 g/mol. The van der Waals surface area contributed by atoms with E-state index >= 15 is 0 Å². The minimum absolute atomic E-state index is 0.0132. The van der Waals surface area contributed by atoms with Gasteiger partial charge in [0, 0.05) is 43.6 Å². The summed E-state index contributed by atoms with van der Waals surface area (Å²) < 4.78 is 52.1. The summed E-state index contributed by atoms with van der Waals surface area (Å²) in [5.74, 6) is -0.263. The van der Waals surface area contributed by atoms with Crippen LogP contribution in [0.25, 0.3) is 0 Å². The quantitative estimate of drug-likeness (QED) is 0.316. The van der Waals surface area contributed by atoms with Crippen LogP contribution in [0.1, 0.15) is 37.8 Å². The van der Waals surface area contributed by atoms with Crippen LogP contribution in [0.15, 0.2) is 72.8 Å². The van der Waals surface area contributed by atoms with Crippen molar-refractivity contribution in [3.05, 3.63) is 89.7 Å². The second-order valence-electron chi connectivity index (χ2n) is 10.5. The van der Waals surface area contributed by atoms with Gasteiger partial charge in [-0.3, -0.25) is 13.9 Å². The molecule has 0 radical (unpaired) electrons. The van der Waals surface area contributed by atoms with E-state index in [0.717, 1.165) is 11.8 Å². The molecule has 3 aromatic carbocycles. The number of ether oxygens (including phenoxy) is 2. The van der Waals surface area contributed by atoms with Gasteiger partial charge in [0.05, 0.1) is 11.9 Å². The Labute approximate surface area is 246 Å². The molecule has 4 rings (SSSR count). The molecule has 9 nitrogen and oxygen atoms in total. The van der Waals surface area contributed by atoms with Crippen molar-refractivity contribution >= 4 is 27.5 Å². The predicted octanol–water partition coefficient (Wildman–Crippen LogP) is 4.27. The van der Waals surface area contributed by atoms with E-state index in [4.69, 9.17) is 9.47 Å². The molecule has 0 spiro atoms. The van der Waals surface area contributed by atoms with Gasteiger partial charge in [-0.2, -0.15) is 0 Å². The number of hydrogen-bond acceptors (Lipinski definition) is 6. The van der Waals surface area contributed by atoms with Crippen molar-refractivity contribution in [1.29, 1.82) is 0 Å². The first kappa shape index (κ1) is 30.8. The molecule has 0 aromatic heterocycles. The van der Waals surface area contributed by atoms with Crippen molar-refractivity contribution in [2.75, 3.05) is 23.9 Å². The summed E-state index contributed by atoms with van der Waals surface area (Å²) in [5, 5.41) is 2.90. The molecule has 11 heteroatoms. The molecule has 3 aromatic rings. The molecule has 0 aliphatic carbocycles. The number of amides is 2. The Bertz CT molecular complexity index is 1500. The van der Waals surface area contributed by atoms with Gasteiger partial charge in [-0.1, -0.05) is 48.5 Å². The molecule has 42 heavy (non-hydrogen) atoms. The van der Waals surface area contributed by atoms with E-state index in [1.807, 2.05) is 44.2 Å². The van der Waals surface area contributed by atoms with Crippen LogP contribution in [0.3, 0.4) is 0 Å². The van der Waals surface area contributed by atoms with Gasteiger partial charge in [0.1, 0.15) is 11.9 Å². The normalized spacial score (nSPS) is 13.1. The van der Waals surface area contributed by atoms with Crippen molar-refractivity contribution in [3.8, 4) is 11.5 Å². The number of carbonyl (C=O) groups excluding carboxylic acids is 2. The fourth-order valence-corrected chi connectivity index (χ4v) is 5.75. The molecule has 1 aliphatic rings. The highest BCUT2D eigenvalue weighted by Crippen LogP contribution is 2.36. The number of nitrogens with one attached hydrogen (secondary N) is 1. The molecule has 1 atom stereocenters. The van der Waals surface area contributed by atoms with Crippen LogP contribution >= 0.6 is 0 Å². The zero-order valence-corrected chi connectivity index (χ0v) is 24.8. The van der Waals surface area contributed by atoms with E-state index in [1.54, 1.807) is 36.4 Å². The molecular formula is C31H36FN3O6S. The number of benzene rings is 3. The number of hydrogen-bond donors (Lipinski definition) is 1. The van der Waals surface area contributed by atoms with Crippen LogP contribution in [-0.4, -0.2) is 56.8 Å². The molecule has 0 fully saturated rings. The monoisotopic (exact) mass is 597 g/mol. The minimum atomic E-state index is -3.69. The lowest BCUT2D eigenvalue weighted by Crippen LogP contribution is -2.52. The number of carbonyl (C=O) groups is 2. The summed E-state index contributed by atoms with van der Waals surface area (Å²) in [6.07, 6.45) is 1.42. The third-order valence-corrected chi connectivity index (χ3v) is 7.99. The summed E-state index contributed by atoms with van der Waals surface area (Å²) in [6.45, 7) is 3.61. The Morgan fingerprint density at radius 2 is 1.67 bits per heavy atom. The molecule has 0 saturated heterocycles. The highest BCUT2D eigenvalue weighted by Gasteiger charge is 2.31. The first-order chi connectivity index (χ1) is 20.0. The first-order valence-electron chi connectivity index (χ1n) is 13.8. The summed E-state index contributed by atoms with van der Waals surface area (Å²) >= 11 is 0. The smallest absolute Gasteiger partial charge is 0.243 e. The SMILES string of the molecule is CC(C)NC(=O)C(Cc1ccccc1)N(Cc1ccccc1F)C(=O)CCCN(c1ccc2c(c1)OCO2)S(C)(=O)=O. The van der Waals surface area contributed by atoms with Gasteiger partial charge < -0.3 is 19.7 Å². The summed E-state index contributed by atoms with van der Waals surface area (Å²) in [7, 11) is -3.69. The lowest BCUT2D eigenvalue weighted by atomic mass is 10.0. The molecule has 1 N–H and O–H groups in total. The van der Waals surface area contributed by atoms with Gasteiger partial charge in [-0.05, 0) is 44.0 Å². The lowest BCUT2D eigenvalue weighted by molar-refractivity contribution is -0.141. The topological polar surface area (TPSA) is 105 Å². The second-order valence-corrected chi connectivity index (χ2v) is 12.4. The summed E-state index contributed by atoms with van der Waals surface area (Å²) in [6, 6.07) is 19.2. The Morgan fingerprint density at radius 1 is 0.976 bits per heavy atom. The largest absolute Gasteiger partial charge is 0.454 e. The first-order valence-corrected chi connectivity index (χ1v) is 15.6. The van der Waals surface area contributed by atoms with Crippen LogP contribution < -0.4 is 19.1 Å². The maximum atomic E-state index is 14.8. The van der Waals surface area contributed by atoms with Crippen LogP contribution in [0.5, 0.6) is 11.5 Å². The molecule has 1 aliphatic heterocycles. The molecule has 224 valence electrons. The number of nitrogens with zero attached hydrogens (tertiary/aromatic N) is 2. The molecule has 0 saturated carbocycles. The van der Waals surface area contributed by atoms with Crippen molar-refractivity contribution in [2.45, 2.75) is 51.7 Å². The Kier molecular flexibility index (Phi) is 10.1. The molecule has 1 heterocycles. The number of anilines is 1. The fourth-order valence-electron chi connectivity index (χ4n) is 4.79. The molecule has 0 bridgehead atoms. The average Bonchev–Trinajstić information content (AvgIpc) is 3.41. The Hall–Kier alpha value is -4.12. The number of halogens is 1. The Morgan fingerprint density at radius 3 is 2.36 bits per heavy atom. The van der Waals surface area contributed by atoms with E-state index in [-0.39, 0.29) is 56.7 Å². The zero-order valence-electron chi connectivity index (χ0n) is 24.0. The number of fused-ring (bicyclic) bond motifs is 1. The predicted molar refractivity (Wildman–Crippen MR) is 158 cm³/mol. The van der Waals surface area contributed by atoms with Crippen LogP contribution in [0.2, 0.25) is 0 Å². The van der Waals surface area contributed by atoms with E-state index < -0.39 is 27.8 Å². The van der Waals surface area contributed by atoms with Crippen molar-refractivity contribution in [1.82, 2.24) is 10.2 Å². The van der Waals surface area contributed by atoms with Gasteiger partial charge >= 0.3 is 0 Å². The van der Waals surface area contributed by atoms with Gasteiger partial charge in [0.15, 0.2) is 11.5 Å². The summed E-state index contributed by atoms with van der Waals surface area (Å²) in [5.41, 5.74) is 1.51. The van der Waals surface area contributed by atoms with Crippen molar-refractivity contribution in [2.24, 2.45) is 0 Å². The third-order valence-electron chi connectivity index (χ3n) is 6.80. The number of sulfonamides is 1. The Balaban J connectivity index is 1.58. The highest BCUT2D eigenvalue weighted by atomic mass is 32.2. The fraction of sp³-hybridized carbons (Fsp3) is 0.355. The standard InChI is InChI=1S/C31H36FN3O6S/c1-22(2)33-31(37)27(18-23-10-5-4-6-11-23)34(20-24-12-7-8-13-26(24)32)30(36)14-9-17-35(42(3,38)39)25-15-16-28-29(19-25)41-21-40-28/h4-8,10-13,15-16,19,22,27H,9,14,17-18,20-21H2,1-3H3,(H,33,37). The van der Waals surface area contributed by atoms with E-state index in [0.29, 0.717) is 17.2 Å². The summed E-state index contributed by atoms with van der Waals surface area (Å²) in [4.78, 5) is 28.7. The molecule has 1 unspecified atom stereocenters. The maximum absolute atomic E-state index is 14.8. The van der Waals surface area contributed by atoms with Crippen molar-refractivity contribution in [3.63, 3.8) is 0 Å². The van der Waals surface area contributed by atoms with Gasteiger partial charge in [0.25, 0.3) is 0 Å². The second kappa shape index (κ2) is 13.7. The molecule has 2 amide bonds. The van der Waals surface area contributed by atoms with E-state index in [1.165, 1.54) is 15.3 Å². The van der Waals surface area contributed by atoms with Crippen LogP contribution in [0, 0.1) is 5.82 Å². The zero-order chi connectivity index (χ0) is 30.3. The maximum Gasteiger partial charge on any atom is 0.243 e. The lowest BCUT2D eigenvalue weighted by Gasteiger charge is -2.32. The van der Waals surface area contributed by atoms with Gasteiger partial charge in [-0.15, -0.1) is 0 Å². The number of rotatable bonds is 13.